The summed E-state index contributed by atoms with van der Waals surface area (Å²) in [6.45, 7) is 0. The average Bonchev–Trinajstić information content (AvgIpc) is 2.17. The van der Waals surface area contributed by atoms with Crippen LogP contribution in [0.25, 0.3) is 10.9 Å². The Labute approximate surface area is 77.8 Å². The number of hydrogen-bond acceptors (Lipinski definition) is 2. The number of benzene rings is 1. The van der Waals surface area contributed by atoms with Gasteiger partial charge in [0, 0.05) is 37.4 Å². The maximum absolute atomic E-state index is 4.24. The zero-order valence-electron chi connectivity index (χ0n) is 7.78. The lowest BCUT2D eigenvalue weighted by atomic mass is 10.2. The molecule has 1 heterocycles. The first-order valence-corrected chi connectivity index (χ1v) is 4.22. The predicted octanol–water partition coefficient (Wildman–Crippen LogP) is 2.10. The van der Waals surface area contributed by atoms with Crippen molar-refractivity contribution in [1.82, 2.24) is 4.98 Å². The summed E-state index contributed by atoms with van der Waals surface area (Å²) in [7, 11) is 4.06. The highest BCUT2D eigenvalue weighted by atomic mass is 15.1. The van der Waals surface area contributed by atoms with E-state index in [1.54, 1.807) is 0 Å². The minimum absolute atomic E-state index is 0.925. The highest BCUT2D eigenvalue weighted by molar-refractivity contribution is 5.90. The number of anilines is 1. The van der Waals surface area contributed by atoms with Gasteiger partial charge in [0.15, 0.2) is 0 Å². The Morgan fingerprint density at radius 1 is 1.31 bits per heavy atom. The number of pyridine rings is 1. The van der Waals surface area contributed by atoms with E-state index in [0.29, 0.717) is 0 Å². The molecule has 0 aliphatic rings. The number of aromatic nitrogens is 1. The first kappa shape index (κ1) is 8.05. The number of rotatable bonds is 1. The molecule has 0 fully saturated rings. The number of nitrogens with zero attached hydrogens (tertiary/aromatic N) is 2. The van der Waals surface area contributed by atoms with Crippen LogP contribution in [-0.2, 0) is 0 Å². The van der Waals surface area contributed by atoms with E-state index in [-0.39, 0.29) is 0 Å². The van der Waals surface area contributed by atoms with Crippen LogP contribution in [0.2, 0.25) is 0 Å². The Kier molecular flexibility index (Phi) is 1.89. The van der Waals surface area contributed by atoms with Gasteiger partial charge in [-0.3, -0.25) is 4.98 Å². The van der Waals surface area contributed by atoms with Gasteiger partial charge < -0.3 is 4.90 Å². The third kappa shape index (κ3) is 1.35. The molecule has 2 rings (SSSR count). The zero-order valence-corrected chi connectivity index (χ0v) is 7.78. The van der Waals surface area contributed by atoms with E-state index in [2.05, 4.69) is 22.0 Å². The summed E-state index contributed by atoms with van der Waals surface area (Å²) < 4.78 is 0. The van der Waals surface area contributed by atoms with E-state index in [1.807, 2.05) is 38.5 Å². The van der Waals surface area contributed by atoms with E-state index in [1.165, 1.54) is 5.69 Å². The number of fused-ring (bicyclic) bond motifs is 1. The lowest BCUT2D eigenvalue weighted by Crippen LogP contribution is -2.09. The van der Waals surface area contributed by atoms with Crippen LogP contribution in [-0.4, -0.2) is 19.1 Å². The van der Waals surface area contributed by atoms with Gasteiger partial charge in [0.1, 0.15) is 0 Å². The summed E-state index contributed by atoms with van der Waals surface area (Å²) >= 11 is 0. The molecule has 13 heavy (non-hydrogen) atoms. The Bertz CT molecular complexity index is 416. The molecule has 1 radical (unpaired) electrons. The molecule has 65 valence electrons. The SMILES string of the molecule is CN(C)c1ccnc2[c]cccc12. The molecule has 0 unspecified atom stereocenters. The standard InChI is InChI=1S/C11H11N2/c1-13(2)11-7-8-12-10-6-4-3-5-9(10)11/h3-5,7-8H,1-2H3. The molecule has 2 nitrogen and oxygen atoms in total. The van der Waals surface area contributed by atoms with Gasteiger partial charge in [0.25, 0.3) is 0 Å². The second-order valence-corrected chi connectivity index (χ2v) is 3.16. The molecule has 0 spiro atoms. The van der Waals surface area contributed by atoms with Crippen LogP contribution >= 0.6 is 0 Å². The zero-order chi connectivity index (χ0) is 9.26. The van der Waals surface area contributed by atoms with E-state index in [0.717, 1.165) is 10.9 Å². The summed E-state index contributed by atoms with van der Waals surface area (Å²) in [5.41, 5.74) is 2.11. The Hall–Kier alpha value is -1.57. The summed E-state index contributed by atoms with van der Waals surface area (Å²) in [5.74, 6) is 0. The molecule has 0 aliphatic heterocycles. The Morgan fingerprint density at radius 2 is 2.15 bits per heavy atom. The second-order valence-electron chi connectivity index (χ2n) is 3.16. The highest BCUT2D eigenvalue weighted by Crippen LogP contribution is 2.22. The first-order valence-electron chi connectivity index (χ1n) is 4.22. The fourth-order valence-corrected chi connectivity index (χ4v) is 1.40. The van der Waals surface area contributed by atoms with Gasteiger partial charge in [-0.15, -0.1) is 0 Å². The topological polar surface area (TPSA) is 16.1 Å². The van der Waals surface area contributed by atoms with Gasteiger partial charge in [-0.2, -0.15) is 0 Å². The maximum atomic E-state index is 4.24. The van der Waals surface area contributed by atoms with Gasteiger partial charge in [0.2, 0.25) is 0 Å². The van der Waals surface area contributed by atoms with Crippen LogP contribution < -0.4 is 4.90 Å². The van der Waals surface area contributed by atoms with Crippen molar-refractivity contribution < 1.29 is 0 Å². The van der Waals surface area contributed by atoms with Crippen molar-refractivity contribution in [1.29, 1.82) is 0 Å². The molecule has 0 N–H and O–H groups in total. The van der Waals surface area contributed by atoms with Gasteiger partial charge in [-0.1, -0.05) is 18.2 Å². The first-order chi connectivity index (χ1) is 6.29. The average molecular weight is 171 g/mol. The van der Waals surface area contributed by atoms with Gasteiger partial charge in [-0.05, 0) is 6.07 Å². The Balaban J connectivity index is 2.76. The third-order valence-electron chi connectivity index (χ3n) is 2.03. The summed E-state index contributed by atoms with van der Waals surface area (Å²) in [6.07, 6.45) is 1.81. The van der Waals surface area contributed by atoms with E-state index >= 15 is 0 Å². The van der Waals surface area contributed by atoms with Crippen molar-refractivity contribution >= 4 is 16.6 Å². The number of para-hydroxylation sites is 1. The van der Waals surface area contributed by atoms with Crippen molar-refractivity contribution in [3.63, 3.8) is 0 Å². The second kappa shape index (κ2) is 3.05. The van der Waals surface area contributed by atoms with Crippen LogP contribution in [0, 0.1) is 6.07 Å². The maximum Gasteiger partial charge on any atom is 0.0801 e. The molecule has 1 aromatic carbocycles. The van der Waals surface area contributed by atoms with Crippen LogP contribution in [0.15, 0.2) is 30.5 Å². The van der Waals surface area contributed by atoms with Gasteiger partial charge in [0.05, 0.1) is 5.52 Å². The van der Waals surface area contributed by atoms with Crippen LogP contribution in [0.1, 0.15) is 0 Å². The molecule has 0 saturated carbocycles. The van der Waals surface area contributed by atoms with Crippen molar-refractivity contribution in [2.75, 3.05) is 19.0 Å². The molecular weight excluding hydrogens is 160 g/mol. The fourth-order valence-electron chi connectivity index (χ4n) is 1.40. The molecular formula is C11H11N2. The van der Waals surface area contributed by atoms with Gasteiger partial charge >= 0.3 is 0 Å². The molecule has 0 bridgehead atoms. The van der Waals surface area contributed by atoms with Crippen molar-refractivity contribution in [2.45, 2.75) is 0 Å². The lowest BCUT2D eigenvalue weighted by Gasteiger charge is -2.14. The van der Waals surface area contributed by atoms with Crippen molar-refractivity contribution in [3.8, 4) is 0 Å². The van der Waals surface area contributed by atoms with Crippen LogP contribution in [0.5, 0.6) is 0 Å². The van der Waals surface area contributed by atoms with E-state index in [4.69, 9.17) is 0 Å². The lowest BCUT2D eigenvalue weighted by molar-refractivity contribution is 1.14. The van der Waals surface area contributed by atoms with E-state index < -0.39 is 0 Å². The third-order valence-corrected chi connectivity index (χ3v) is 2.03. The summed E-state index contributed by atoms with van der Waals surface area (Å²) in [6, 6.07) is 11.0. The highest BCUT2D eigenvalue weighted by Gasteiger charge is 2.01. The minimum Gasteiger partial charge on any atom is -0.377 e. The monoisotopic (exact) mass is 171 g/mol. The molecule has 0 aliphatic carbocycles. The predicted molar refractivity (Wildman–Crippen MR) is 54.9 cm³/mol. The molecule has 1 aromatic heterocycles. The molecule has 2 heteroatoms. The Morgan fingerprint density at radius 3 is 2.92 bits per heavy atom. The number of hydrogen-bond donors (Lipinski definition) is 0. The van der Waals surface area contributed by atoms with Gasteiger partial charge in [-0.25, -0.2) is 0 Å². The van der Waals surface area contributed by atoms with E-state index in [9.17, 15) is 0 Å². The molecule has 0 amide bonds. The van der Waals surface area contributed by atoms with Crippen molar-refractivity contribution in [2.24, 2.45) is 0 Å². The summed E-state index contributed by atoms with van der Waals surface area (Å²) in [5, 5.41) is 1.15. The normalized spacial score (nSPS) is 10.3. The smallest absolute Gasteiger partial charge is 0.0801 e. The van der Waals surface area contributed by atoms with Crippen LogP contribution in [0.4, 0.5) is 5.69 Å². The quantitative estimate of drug-likeness (QED) is 0.653. The molecule has 2 aromatic rings. The largest absolute Gasteiger partial charge is 0.377 e. The molecule has 0 atom stereocenters. The fraction of sp³-hybridized carbons (Fsp3) is 0.182. The summed E-state index contributed by atoms with van der Waals surface area (Å²) in [4.78, 5) is 6.32. The molecule has 0 saturated heterocycles. The van der Waals surface area contributed by atoms with Crippen LogP contribution in [0.3, 0.4) is 0 Å². The van der Waals surface area contributed by atoms with Crippen molar-refractivity contribution in [3.05, 3.63) is 36.5 Å². The minimum atomic E-state index is 0.925.